The zero-order valence-corrected chi connectivity index (χ0v) is 13.2. The van der Waals surface area contributed by atoms with Gasteiger partial charge in [-0.05, 0) is 25.3 Å². The van der Waals surface area contributed by atoms with Crippen LogP contribution in [0.1, 0.15) is 19.3 Å². The van der Waals surface area contributed by atoms with E-state index in [2.05, 4.69) is 4.90 Å². The van der Waals surface area contributed by atoms with Crippen LogP contribution in [-0.4, -0.2) is 23.1 Å². The van der Waals surface area contributed by atoms with Gasteiger partial charge in [0.15, 0.2) is 0 Å². The Hall–Kier alpha value is -1.57. The van der Waals surface area contributed by atoms with Crippen LogP contribution in [0.3, 0.4) is 0 Å². The number of allylic oxidation sites excluding steroid dienone is 6. The molecule has 1 aliphatic carbocycles. The van der Waals surface area contributed by atoms with Gasteiger partial charge in [-0.15, -0.1) is 0 Å². The maximum atomic E-state index is 9.74. The standard InChI is InChI=1S/C13H17NO.C5H5.Fe/c15-13(12-6-2-3-7-12)8-11-14-9-4-1-5-10-14;1-2-4-5-3-1;/h2-3,6-8,11,15H,1,4-5,9-10H2;1-5H;/q;-1;. The molecule has 1 N–H and O–H groups in total. The molecule has 0 aromatic heterocycles. The van der Waals surface area contributed by atoms with Gasteiger partial charge >= 0.3 is 0 Å². The summed E-state index contributed by atoms with van der Waals surface area (Å²) in [6.07, 6.45) is 15.3. The van der Waals surface area contributed by atoms with Crippen molar-refractivity contribution in [1.29, 1.82) is 0 Å². The van der Waals surface area contributed by atoms with Gasteiger partial charge in [0, 0.05) is 41.9 Å². The predicted molar refractivity (Wildman–Crippen MR) is 84.5 cm³/mol. The van der Waals surface area contributed by atoms with Gasteiger partial charge in [-0.2, -0.15) is 18.2 Å². The maximum Gasteiger partial charge on any atom is 0.124 e. The van der Waals surface area contributed by atoms with E-state index in [4.69, 9.17) is 0 Å². The molecule has 1 aromatic carbocycles. The van der Waals surface area contributed by atoms with Crippen LogP contribution in [0.15, 0.2) is 78.2 Å². The van der Waals surface area contributed by atoms with Crippen LogP contribution in [0.5, 0.6) is 0 Å². The topological polar surface area (TPSA) is 23.5 Å². The van der Waals surface area contributed by atoms with E-state index >= 15 is 0 Å². The first-order valence-corrected chi connectivity index (χ1v) is 7.23. The first kappa shape index (κ1) is 17.5. The third kappa shape index (κ3) is 6.61. The Kier molecular flexibility index (Phi) is 8.49. The monoisotopic (exact) mass is 324 g/mol. The van der Waals surface area contributed by atoms with E-state index in [9.17, 15) is 5.11 Å². The molecule has 0 radical (unpaired) electrons. The second-order valence-electron chi connectivity index (χ2n) is 4.93. The summed E-state index contributed by atoms with van der Waals surface area (Å²) in [4.78, 5) is 2.27. The minimum atomic E-state index is 0. The summed E-state index contributed by atoms with van der Waals surface area (Å²) in [6, 6.07) is 10.0. The molecule has 2 aliphatic rings. The van der Waals surface area contributed by atoms with E-state index in [1.807, 2.05) is 60.8 Å². The molecule has 1 aliphatic heterocycles. The zero-order valence-electron chi connectivity index (χ0n) is 12.1. The zero-order chi connectivity index (χ0) is 14.0. The number of rotatable bonds is 2. The molecule has 0 amide bonds. The molecule has 1 fully saturated rings. The average molecular weight is 324 g/mol. The molecule has 0 saturated carbocycles. The van der Waals surface area contributed by atoms with Crippen LogP contribution in [0.4, 0.5) is 0 Å². The van der Waals surface area contributed by atoms with Gasteiger partial charge in [-0.1, -0.05) is 24.3 Å². The molecule has 3 rings (SSSR count). The molecule has 1 heterocycles. The number of aliphatic hydroxyl groups is 1. The second kappa shape index (κ2) is 10.2. The summed E-state index contributed by atoms with van der Waals surface area (Å²) in [5.74, 6) is 0.352. The molecular formula is C18H22FeNO-. The molecule has 2 nitrogen and oxygen atoms in total. The minimum absolute atomic E-state index is 0. The number of hydrogen-bond donors (Lipinski definition) is 1. The summed E-state index contributed by atoms with van der Waals surface area (Å²) in [5, 5.41) is 9.74. The third-order valence-electron chi connectivity index (χ3n) is 3.35. The van der Waals surface area contributed by atoms with Gasteiger partial charge in [0.2, 0.25) is 0 Å². The summed E-state index contributed by atoms with van der Waals surface area (Å²) in [5.41, 5.74) is 0.892. The average Bonchev–Trinajstić information content (AvgIpc) is 3.20. The van der Waals surface area contributed by atoms with E-state index in [0.29, 0.717) is 5.76 Å². The number of nitrogens with zero attached hydrogens (tertiary/aromatic N) is 1. The summed E-state index contributed by atoms with van der Waals surface area (Å²) < 4.78 is 0. The van der Waals surface area contributed by atoms with Gasteiger partial charge in [0.1, 0.15) is 5.76 Å². The van der Waals surface area contributed by atoms with Crippen LogP contribution >= 0.6 is 0 Å². The Labute approximate surface area is 138 Å². The first-order chi connectivity index (χ1) is 9.86. The molecule has 1 aromatic rings. The minimum Gasteiger partial charge on any atom is -0.507 e. The molecule has 114 valence electrons. The Bertz CT molecular complexity index is 460. The molecule has 1 saturated heterocycles. The Morgan fingerprint density at radius 1 is 1.05 bits per heavy atom. The van der Waals surface area contributed by atoms with E-state index < -0.39 is 0 Å². The van der Waals surface area contributed by atoms with Crippen LogP contribution in [0.2, 0.25) is 0 Å². The fraction of sp³-hybridized carbons (Fsp3) is 0.278. The van der Waals surface area contributed by atoms with E-state index in [1.165, 1.54) is 19.3 Å². The Balaban J connectivity index is 0.000000313. The van der Waals surface area contributed by atoms with Crippen molar-refractivity contribution in [3.8, 4) is 0 Å². The molecule has 0 unspecified atom stereocenters. The largest absolute Gasteiger partial charge is 0.507 e. The van der Waals surface area contributed by atoms with Crippen molar-refractivity contribution >= 4 is 0 Å². The molecule has 21 heavy (non-hydrogen) atoms. The molecule has 0 atom stereocenters. The van der Waals surface area contributed by atoms with Crippen LogP contribution < -0.4 is 0 Å². The van der Waals surface area contributed by atoms with Crippen molar-refractivity contribution in [3.63, 3.8) is 0 Å². The van der Waals surface area contributed by atoms with E-state index in [0.717, 1.165) is 18.7 Å². The summed E-state index contributed by atoms with van der Waals surface area (Å²) in [7, 11) is 0. The molecule has 3 heteroatoms. The van der Waals surface area contributed by atoms with E-state index in [-0.39, 0.29) is 17.1 Å². The maximum absolute atomic E-state index is 9.74. The first-order valence-electron chi connectivity index (χ1n) is 7.23. The normalized spacial score (nSPS) is 16.6. The predicted octanol–water partition coefficient (Wildman–Crippen LogP) is 4.33. The molecule has 0 bridgehead atoms. The SMILES string of the molecule is OC(C=CN1CCCCC1)=C1C=CC=C1.[Fe].c1cc[cH-]c1. The third-order valence-corrected chi connectivity index (χ3v) is 3.35. The van der Waals surface area contributed by atoms with Gasteiger partial charge in [0.25, 0.3) is 0 Å². The van der Waals surface area contributed by atoms with Gasteiger partial charge < -0.3 is 10.0 Å². The van der Waals surface area contributed by atoms with Gasteiger partial charge in [0.05, 0.1) is 0 Å². The summed E-state index contributed by atoms with van der Waals surface area (Å²) >= 11 is 0. The fourth-order valence-electron chi connectivity index (χ4n) is 2.21. The molecule has 0 spiro atoms. The number of likely N-dealkylation sites (tertiary alicyclic amines) is 1. The van der Waals surface area contributed by atoms with Crippen molar-refractivity contribution in [2.24, 2.45) is 0 Å². The van der Waals surface area contributed by atoms with Crippen LogP contribution in [-0.2, 0) is 17.1 Å². The fourth-order valence-corrected chi connectivity index (χ4v) is 2.21. The number of piperidine rings is 1. The van der Waals surface area contributed by atoms with E-state index in [1.54, 1.807) is 6.08 Å². The van der Waals surface area contributed by atoms with Crippen molar-refractivity contribution < 1.29 is 22.2 Å². The summed E-state index contributed by atoms with van der Waals surface area (Å²) in [6.45, 7) is 2.23. The quantitative estimate of drug-likeness (QED) is 0.497. The van der Waals surface area contributed by atoms with Crippen LogP contribution in [0.25, 0.3) is 0 Å². The molecular weight excluding hydrogens is 302 g/mol. The van der Waals surface area contributed by atoms with Crippen molar-refractivity contribution in [1.82, 2.24) is 4.90 Å². The van der Waals surface area contributed by atoms with Gasteiger partial charge in [-0.25, -0.2) is 12.1 Å². The Morgan fingerprint density at radius 3 is 2.19 bits per heavy atom. The smallest absolute Gasteiger partial charge is 0.124 e. The second-order valence-corrected chi connectivity index (χ2v) is 4.93. The number of aliphatic hydroxyl groups excluding tert-OH is 1. The van der Waals surface area contributed by atoms with Gasteiger partial charge in [-0.3, -0.25) is 0 Å². The number of hydrogen-bond acceptors (Lipinski definition) is 2. The van der Waals surface area contributed by atoms with Crippen molar-refractivity contribution in [3.05, 3.63) is 78.2 Å². The van der Waals surface area contributed by atoms with Crippen molar-refractivity contribution in [2.75, 3.05) is 13.1 Å². The van der Waals surface area contributed by atoms with Crippen molar-refractivity contribution in [2.45, 2.75) is 19.3 Å². The van der Waals surface area contributed by atoms with Crippen LogP contribution in [0, 0.1) is 0 Å². The Morgan fingerprint density at radius 2 is 1.67 bits per heavy atom.